The van der Waals surface area contributed by atoms with Crippen LogP contribution >= 0.6 is 0 Å². The molecule has 4 fully saturated rings. The van der Waals surface area contributed by atoms with Crippen LogP contribution in [-0.4, -0.2) is 98.1 Å². The number of amides is 2. The van der Waals surface area contributed by atoms with Gasteiger partial charge in [-0.25, -0.2) is 9.59 Å². The second-order valence-corrected chi connectivity index (χ2v) is 11.9. The van der Waals surface area contributed by atoms with E-state index in [0.29, 0.717) is 51.4 Å². The molecule has 0 radical (unpaired) electrons. The molecule has 0 atom stereocenters. The van der Waals surface area contributed by atoms with Crippen LogP contribution < -0.4 is 10.6 Å². The van der Waals surface area contributed by atoms with E-state index in [1.54, 1.807) is 0 Å². The van der Waals surface area contributed by atoms with Gasteiger partial charge in [-0.1, -0.05) is 0 Å². The van der Waals surface area contributed by atoms with Crippen molar-refractivity contribution in [1.82, 2.24) is 20.4 Å². The van der Waals surface area contributed by atoms with Crippen molar-refractivity contribution >= 4 is 23.8 Å². The molecule has 2 saturated heterocycles. The minimum absolute atomic E-state index is 0.0663. The minimum Gasteiger partial charge on any atom is -0.454 e. The third-order valence-corrected chi connectivity index (χ3v) is 8.93. The number of hydrogen-bond acceptors (Lipinski definition) is 8. The fraction of sp³-hybridized carbons (Fsp3) is 0.857. The lowest BCUT2D eigenvalue weighted by atomic mass is 9.86. The van der Waals surface area contributed by atoms with Crippen LogP contribution in [0, 0.1) is 11.8 Å². The molecule has 2 aliphatic carbocycles. The highest BCUT2D eigenvalue weighted by Crippen LogP contribution is 2.29. The van der Waals surface area contributed by atoms with Gasteiger partial charge in [-0.15, -0.1) is 0 Å². The summed E-state index contributed by atoms with van der Waals surface area (Å²) in [6.07, 6.45) is 8.07. The van der Waals surface area contributed by atoms with Crippen LogP contribution in [0.15, 0.2) is 0 Å². The van der Waals surface area contributed by atoms with Crippen LogP contribution in [-0.2, 0) is 28.7 Å². The van der Waals surface area contributed by atoms with Gasteiger partial charge in [0.25, 0.3) is 0 Å². The number of nitrogens with zero attached hydrogens (tertiary/aromatic N) is 2. The maximum absolute atomic E-state index is 12.6. The molecule has 2 saturated carbocycles. The average Bonchev–Trinajstić information content (AvgIpc) is 2.92. The predicted octanol–water partition coefficient (Wildman–Crippen LogP) is 1.61. The van der Waals surface area contributed by atoms with Gasteiger partial charge in [0.1, 0.15) is 12.2 Å². The van der Waals surface area contributed by atoms with Gasteiger partial charge in [-0.3, -0.25) is 9.59 Å². The van der Waals surface area contributed by atoms with E-state index < -0.39 is 11.9 Å². The molecule has 2 N–H and O–H groups in total. The van der Waals surface area contributed by atoms with Crippen molar-refractivity contribution in [2.75, 3.05) is 40.3 Å². The summed E-state index contributed by atoms with van der Waals surface area (Å²) in [5.74, 6) is -1.84. The van der Waals surface area contributed by atoms with Gasteiger partial charge in [0.15, 0.2) is 0 Å². The number of carbonyl (C=O) groups is 4. The van der Waals surface area contributed by atoms with Crippen molar-refractivity contribution in [3.8, 4) is 0 Å². The van der Waals surface area contributed by atoms with E-state index in [2.05, 4.69) is 34.5 Å². The molecule has 214 valence electrons. The van der Waals surface area contributed by atoms with E-state index in [4.69, 9.17) is 9.47 Å². The zero-order chi connectivity index (χ0) is 27.1. The molecule has 2 amide bonds. The highest BCUT2D eigenvalue weighted by atomic mass is 16.6. The van der Waals surface area contributed by atoms with Gasteiger partial charge in [-0.2, -0.15) is 0 Å². The van der Waals surface area contributed by atoms with E-state index in [1.165, 1.54) is 0 Å². The molecule has 0 spiro atoms. The topological polar surface area (TPSA) is 117 Å². The number of piperidine rings is 2. The Morgan fingerprint density at radius 2 is 0.842 bits per heavy atom. The van der Waals surface area contributed by atoms with E-state index >= 15 is 0 Å². The lowest BCUT2D eigenvalue weighted by molar-refractivity contribution is -0.176. The summed E-state index contributed by atoms with van der Waals surface area (Å²) in [7, 11) is 4.19. The first-order valence-electron chi connectivity index (χ1n) is 14.7. The largest absolute Gasteiger partial charge is 0.454 e. The molecule has 10 heteroatoms. The van der Waals surface area contributed by atoms with Crippen molar-refractivity contribution in [3.05, 3.63) is 0 Å². The van der Waals surface area contributed by atoms with Gasteiger partial charge in [-0.05, 0) is 117 Å². The van der Waals surface area contributed by atoms with Crippen LogP contribution in [0.25, 0.3) is 0 Å². The second-order valence-electron chi connectivity index (χ2n) is 11.9. The first-order valence-corrected chi connectivity index (χ1v) is 14.7. The van der Waals surface area contributed by atoms with Gasteiger partial charge in [0.05, 0.1) is 0 Å². The minimum atomic E-state index is -0.952. The lowest BCUT2D eigenvalue weighted by Crippen LogP contribution is -2.46. The number of esters is 2. The van der Waals surface area contributed by atoms with E-state index in [9.17, 15) is 19.2 Å². The average molecular weight is 535 g/mol. The molecule has 2 heterocycles. The molecule has 0 unspecified atom stereocenters. The summed E-state index contributed by atoms with van der Waals surface area (Å²) >= 11 is 0. The first-order chi connectivity index (χ1) is 18.3. The third kappa shape index (κ3) is 8.40. The van der Waals surface area contributed by atoms with Gasteiger partial charge < -0.3 is 29.9 Å². The smallest absolute Gasteiger partial charge is 0.417 e. The molecule has 4 aliphatic rings. The Bertz CT molecular complexity index is 753. The molecular weight excluding hydrogens is 488 g/mol. The zero-order valence-corrected chi connectivity index (χ0v) is 23.1. The van der Waals surface area contributed by atoms with Crippen LogP contribution in [0.2, 0.25) is 0 Å². The van der Waals surface area contributed by atoms with Crippen molar-refractivity contribution in [1.29, 1.82) is 0 Å². The summed E-state index contributed by atoms with van der Waals surface area (Å²) in [5, 5.41) is 6.37. The van der Waals surface area contributed by atoms with Crippen LogP contribution in [0.1, 0.15) is 77.0 Å². The molecule has 38 heavy (non-hydrogen) atoms. The monoisotopic (exact) mass is 534 g/mol. The van der Waals surface area contributed by atoms with Crippen molar-refractivity contribution < 1.29 is 28.7 Å². The Morgan fingerprint density at radius 3 is 1.16 bits per heavy atom. The van der Waals surface area contributed by atoms with E-state index in [1.807, 2.05) is 0 Å². The maximum Gasteiger partial charge on any atom is 0.417 e. The number of nitrogens with one attached hydrogen (secondary N) is 2. The standard InChI is InChI=1S/C28H46N4O6/c1-31-15-11-21(12-16-31)29-25(33)19-3-7-23(8-4-19)37-27(35)28(36)38-24-9-5-20(6-10-24)26(34)30-22-13-17-32(2)18-14-22/h19-24H,3-18H2,1-2H3,(H,29,33)(H,30,34). The molecular formula is C28H46N4O6. The SMILES string of the molecule is CN1CCC(NC(=O)C2CCC(OC(=O)C(=O)OC3CCC(C(=O)NC4CCN(C)CC4)CC3)CC2)CC1. The number of rotatable bonds is 6. The summed E-state index contributed by atoms with van der Waals surface area (Å²) < 4.78 is 10.8. The highest BCUT2D eigenvalue weighted by Gasteiger charge is 2.34. The van der Waals surface area contributed by atoms with Gasteiger partial charge in [0.2, 0.25) is 11.8 Å². The van der Waals surface area contributed by atoms with E-state index in [0.717, 1.165) is 51.9 Å². The third-order valence-electron chi connectivity index (χ3n) is 8.93. The maximum atomic E-state index is 12.6. The van der Waals surface area contributed by atoms with Crippen LogP contribution in [0.5, 0.6) is 0 Å². The number of likely N-dealkylation sites (tertiary alicyclic amines) is 2. The molecule has 0 aromatic carbocycles. The molecule has 0 aromatic rings. The quantitative estimate of drug-likeness (QED) is 0.390. The fourth-order valence-electron chi connectivity index (χ4n) is 6.23. The number of carbonyl (C=O) groups excluding carboxylic acids is 4. The summed E-state index contributed by atoms with van der Waals surface area (Å²) in [6, 6.07) is 0.486. The lowest BCUT2D eigenvalue weighted by Gasteiger charge is -2.32. The first kappa shape index (κ1) is 28.8. The van der Waals surface area contributed by atoms with Gasteiger partial charge >= 0.3 is 11.9 Å². The summed E-state index contributed by atoms with van der Waals surface area (Å²) in [6.45, 7) is 4.00. The Labute approximate surface area is 226 Å². The Hall–Kier alpha value is -2.20. The molecule has 2 aliphatic heterocycles. The highest BCUT2D eigenvalue weighted by molar-refractivity contribution is 6.29. The Morgan fingerprint density at radius 1 is 0.526 bits per heavy atom. The van der Waals surface area contributed by atoms with Crippen molar-refractivity contribution in [3.63, 3.8) is 0 Å². The number of hydrogen-bond donors (Lipinski definition) is 2. The van der Waals surface area contributed by atoms with Crippen molar-refractivity contribution in [2.24, 2.45) is 11.8 Å². The predicted molar refractivity (Wildman–Crippen MR) is 141 cm³/mol. The van der Waals surface area contributed by atoms with E-state index in [-0.39, 0.29) is 47.9 Å². The summed E-state index contributed by atoms with van der Waals surface area (Å²) in [4.78, 5) is 54.6. The van der Waals surface area contributed by atoms with Crippen LogP contribution in [0.4, 0.5) is 0 Å². The molecule has 4 rings (SSSR count). The Balaban J connectivity index is 1.09. The van der Waals surface area contributed by atoms with Gasteiger partial charge in [0, 0.05) is 23.9 Å². The summed E-state index contributed by atoms with van der Waals surface area (Å²) in [5.41, 5.74) is 0. The fourth-order valence-corrected chi connectivity index (χ4v) is 6.23. The molecule has 10 nitrogen and oxygen atoms in total. The van der Waals surface area contributed by atoms with Crippen molar-refractivity contribution in [2.45, 2.75) is 101 Å². The number of ether oxygens (including phenoxy) is 2. The van der Waals surface area contributed by atoms with Crippen LogP contribution in [0.3, 0.4) is 0 Å². The molecule has 0 aromatic heterocycles. The zero-order valence-electron chi connectivity index (χ0n) is 23.1. The Kier molecular flexibility index (Phi) is 10.4. The molecule has 0 bridgehead atoms. The second kappa shape index (κ2) is 13.7. The normalized spacial score (nSPS) is 30.3.